The highest BCUT2D eigenvalue weighted by atomic mass is 16.2. The van der Waals surface area contributed by atoms with Crippen LogP contribution >= 0.6 is 0 Å². The van der Waals surface area contributed by atoms with Gasteiger partial charge in [0, 0.05) is 18.3 Å². The summed E-state index contributed by atoms with van der Waals surface area (Å²) in [6.07, 6.45) is 1.73. The summed E-state index contributed by atoms with van der Waals surface area (Å²) < 4.78 is 0. The van der Waals surface area contributed by atoms with E-state index in [-0.39, 0.29) is 17.7 Å². The molecular formula is C19H22N2O2. The minimum absolute atomic E-state index is 0.0225. The van der Waals surface area contributed by atoms with Gasteiger partial charge in [0.2, 0.25) is 5.91 Å². The van der Waals surface area contributed by atoms with Gasteiger partial charge in [-0.05, 0) is 36.2 Å². The van der Waals surface area contributed by atoms with Crippen molar-refractivity contribution in [1.29, 1.82) is 0 Å². The van der Waals surface area contributed by atoms with Crippen LogP contribution in [0, 0.1) is 0 Å². The third-order valence-corrected chi connectivity index (χ3v) is 3.74. The molecule has 0 saturated heterocycles. The lowest BCUT2D eigenvalue weighted by molar-refractivity contribution is -0.117. The van der Waals surface area contributed by atoms with Crippen molar-refractivity contribution >= 4 is 17.5 Å². The summed E-state index contributed by atoms with van der Waals surface area (Å²) >= 11 is 0. The normalized spacial score (nSPS) is 11.6. The van der Waals surface area contributed by atoms with Gasteiger partial charge in [0.1, 0.15) is 0 Å². The fourth-order valence-electron chi connectivity index (χ4n) is 2.50. The van der Waals surface area contributed by atoms with E-state index in [2.05, 4.69) is 17.6 Å². The topological polar surface area (TPSA) is 58.2 Å². The molecule has 120 valence electrons. The highest BCUT2D eigenvalue weighted by molar-refractivity contribution is 5.97. The van der Waals surface area contributed by atoms with Crippen molar-refractivity contribution in [2.75, 3.05) is 12.4 Å². The summed E-state index contributed by atoms with van der Waals surface area (Å²) in [6.45, 7) is 2.07. The Hall–Kier alpha value is -2.62. The Morgan fingerprint density at radius 3 is 2.22 bits per heavy atom. The molecule has 0 aliphatic rings. The Kier molecular flexibility index (Phi) is 5.92. The van der Waals surface area contributed by atoms with Crippen LogP contribution in [0.25, 0.3) is 0 Å². The van der Waals surface area contributed by atoms with E-state index in [1.807, 2.05) is 30.3 Å². The van der Waals surface area contributed by atoms with Crippen LogP contribution in [0.3, 0.4) is 0 Å². The highest BCUT2D eigenvalue weighted by Gasteiger charge is 2.19. The van der Waals surface area contributed by atoms with E-state index in [1.165, 1.54) is 0 Å². The smallest absolute Gasteiger partial charge is 0.251 e. The Morgan fingerprint density at radius 1 is 1.00 bits per heavy atom. The first-order valence-electron chi connectivity index (χ1n) is 7.83. The number of hydrogen-bond donors (Lipinski definition) is 2. The van der Waals surface area contributed by atoms with Gasteiger partial charge < -0.3 is 10.6 Å². The van der Waals surface area contributed by atoms with Gasteiger partial charge in [-0.3, -0.25) is 9.59 Å². The molecule has 1 atom stereocenters. The molecule has 0 saturated carbocycles. The first-order valence-corrected chi connectivity index (χ1v) is 7.83. The third-order valence-electron chi connectivity index (χ3n) is 3.74. The van der Waals surface area contributed by atoms with Crippen molar-refractivity contribution in [3.8, 4) is 0 Å². The molecule has 2 amide bonds. The largest absolute Gasteiger partial charge is 0.355 e. The van der Waals surface area contributed by atoms with Crippen LogP contribution in [-0.4, -0.2) is 18.9 Å². The zero-order valence-electron chi connectivity index (χ0n) is 13.5. The summed E-state index contributed by atoms with van der Waals surface area (Å²) in [5.74, 6) is -0.332. The highest BCUT2D eigenvalue weighted by Crippen LogP contribution is 2.23. The molecule has 0 aromatic heterocycles. The van der Waals surface area contributed by atoms with Crippen LogP contribution in [-0.2, 0) is 4.79 Å². The van der Waals surface area contributed by atoms with E-state index < -0.39 is 0 Å². The number of anilines is 1. The molecule has 0 radical (unpaired) electrons. The molecule has 2 aromatic carbocycles. The lowest BCUT2D eigenvalue weighted by Crippen LogP contribution is -2.21. The summed E-state index contributed by atoms with van der Waals surface area (Å²) in [7, 11) is 1.59. The Morgan fingerprint density at radius 2 is 1.65 bits per heavy atom. The molecule has 23 heavy (non-hydrogen) atoms. The van der Waals surface area contributed by atoms with Crippen LogP contribution in [0.1, 0.15) is 41.6 Å². The van der Waals surface area contributed by atoms with Crippen LogP contribution in [0.4, 0.5) is 5.69 Å². The molecule has 0 spiro atoms. The van der Waals surface area contributed by atoms with Gasteiger partial charge in [0.05, 0.1) is 5.92 Å². The fourth-order valence-corrected chi connectivity index (χ4v) is 2.50. The second kappa shape index (κ2) is 8.13. The molecule has 0 unspecified atom stereocenters. The maximum atomic E-state index is 12.6. The summed E-state index contributed by atoms with van der Waals surface area (Å²) in [6, 6.07) is 16.7. The van der Waals surface area contributed by atoms with Crippen molar-refractivity contribution in [3.05, 3.63) is 65.7 Å². The minimum atomic E-state index is -0.167. The third kappa shape index (κ3) is 4.42. The van der Waals surface area contributed by atoms with Gasteiger partial charge in [-0.2, -0.15) is 0 Å². The average Bonchev–Trinajstić information content (AvgIpc) is 2.60. The number of benzene rings is 2. The molecule has 4 nitrogen and oxygen atoms in total. The predicted octanol–water partition coefficient (Wildman–Crippen LogP) is 3.57. The Bertz CT molecular complexity index is 651. The van der Waals surface area contributed by atoms with Crippen molar-refractivity contribution < 1.29 is 9.59 Å². The fraction of sp³-hybridized carbons (Fsp3) is 0.263. The van der Waals surface area contributed by atoms with Gasteiger partial charge in [0.15, 0.2) is 0 Å². The predicted molar refractivity (Wildman–Crippen MR) is 92.6 cm³/mol. The SMILES string of the molecule is CCC[C@@H](C(=O)Nc1ccc(C(=O)NC)cc1)c1ccccc1. The average molecular weight is 310 g/mol. The maximum Gasteiger partial charge on any atom is 0.251 e. The zero-order valence-corrected chi connectivity index (χ0v) is 13.5. The second-order valence-corrected chi connectivity index (χ2v) is 5.40. The van der Waals surface area contributed by atoms with Gasteiger partial charge in [0.25, 0.3) is 5.91 Å². The quantitative estimate of drug-likeness (QED) is 0.857. The zero-order chi connectivity index (χ0) is 16.7. The van der Waals surface area contributed by atoms with Crippen molar-refractivity contribution in [3.63, 3.8) is 0 Å². The Balaban J connectivity index is 2.11. The van der Waals surface area contributed by atoms with E-state index in [9.17, 15) is 9.59 Å². The van der Waals surface area contributed by atoms with Crippen LogP contribution < -0.4 is 10.6 Å². The number of rotatable bonds is 6. The molecule has 2 aromatic rings. The van der Waals surface area contributed by atoms with Gasteiger partial charge in [-0.15, -0.1) is 0 Å². The summed E-state index contributed by atoms with van der Waals surface area (Å²) in [4.78, 5) is 24.1. The molecule has 0 fully saturated rings. The van der Waals surface area contributed by atoms with Crippen molar-refractivity contribution in [1.82, 2.24) is 5.32 Å². The molecule has 2 N–H and O–H groups in total. The number of amides is 2. The van der Waals surface area contributed by atoms with E-state index in [0.717, 1.165) is 18.4 Å². The molecule has 2 rings (SSSR count). The summed E-state index contributed by atoms with van der Waals surface area (Å²) in [5, 5.41) is 5.51. The number of carbonyl (C=O) groups excluding carboxylic acids is 2. The number of carbonyl (C=O) groups is 2. The molecule has 0 aliphatic heterocycles. The van der Waals surface area contributed by atoms with Gasteiger partial charge >= 0.3 is 0 Å². The molecule has 0 bridgehead atoms. The van der Waals surface area contributed by atoms with E-state index in [0.29, 0.717) is 11.3 Å². The van der Waals surface area contributed by atoms with Crippen LogP contribution in [0.15, 0.2) is 54.6 Å². The number of hydrogen-bond acceptors (Lipinski definition) is 2. The molecule has 0 heterocycles. The maximum absolute atomic E-state index is 12.6. The molecule has 0 aliphatic carbocycles. The molecular weight excluding hydrogens is 288 g/mol. The van der Waals surface area contributed by atoms with Gasteiger partial charge in [-0.1, -0.05) is 43.7 Å². The first-order chi connectivity index (χ1) is 11.2. The minimum Gasteiger partial charge on any atom is -0.355 e. The van der Waals surface area contributed by atoms with E-state index in [1.54, 1.807) is 31.3 Å². The summed E-state index contributed by atoms with van der Waals surface area (Å²) in [5.41, 5.74) is 2.28. The molecule has 4 heteroatoms. The van der Waals surface area contributed by atoms with Gasteiger partial charge in [-0.25, -0.2) is 0 Å². The van der Waals surface area contributed by atoms with E-state index >= 15 is 0 Å². The van der Waals surface area contributed by atoms with Crippen LogP contribution in [0.5, 0.6) is 0 Å². The lowest BCUT2D eigenvalue weighted by Gasteiger charge is -2.16. The Labute approximate surface area is 136 Å². The lowest BCUT2D eigenvalue weighted by atomic mass is 9.93. The monoisotopic (exact) mass is 310 g/mol. The number of nitrogens with one attached hydrogen (secondary N) is 2. The van der Waals surface area contributed by atoms with E-state index in [4.69, 9.17) is 0 Å². The van der Waals surface area contributed by atoms with Crippen molar-refractivity contribution in [2.45, 2.75) is 25.7 Å². The second-order valence-electron chi connectivity index (χ2n) is 5.40. The first kappa shape index (κ1) is 16.7. The van der Waals surface area contributed by atoms with Crippen LogP contribution in [0.2, 0.25) is 0 Å². The standard InChI is InChI=1S/C19H22N2O2/c1-3-7-17(14-8-5-4-6-9-14)19(23)21-16-12-10-15(11-13-16)18(22)20-2/h4-6,8-13,17H,3,7H2,1-2H3,(H,20,22)(H,21,23)/t17-/m1/s1. The van der Waals surface area contributed by atoms with Crippen molar-refractivity contribution in [2.24, 2.45) is 0 Å².